The number of benzene rings is 1. The molecule has 26 heavy (non-hydrogen) atoms. The highest BCUT2D eigenvalue weighted by atomic mass is 16.4. The molecule has 6 heteroatoms. The number of rotatable bonds is 2. The van der Waals surface area contributed by atoms with Crippen molar-refractivity contribution >= 4 is 22.3 Å². The van der Waals surface area contributed by atoms with Crippen LogP contribution in [0.1, 0.15) is 0 Å². The van der Waals surface area contributed by atoms with Crippen molar-refractivity contribution in [2.75, 3.05) is 31.1 Å². The Labute approximate surface area is 149 Å². The number of nitrogens with one attached hydrogen (secondary N) is 1. The second-order valence-electron chi connectivity index (χ2n) is 6.50. The highest BCUT2D eigenvalue weighted by molar-refractivity contribution is 5.84. The van der Waals surface area contributed by atoms with Crippen LogP contribution in [0.2, 0.25) is 0 Å². The first-order valence-electron chi connectivity index (χ1n) is 8.76. The van der Waals surface area contributed by atoms with Crippen LogP contribution < -0.4 is 15.8 Å². The molecule has 0 amide bonds. The Morgan fingerprint density at radius 2 is 1.96 bits per heavy atom. The zero-order chi connectivity index (χ0) is 17.5. The molecule has 1 saturated heterocycles. The summed E-state index contributed by atoms with van der Waals surface area (Å²) in [7, 11) is 0. The topological polar surface area (TPSA) is 62.8 Å². The molecule has 1 aliphatic rings. The molecule has 5 rings (SSSR count). The van der Waals surface area contributed by atoms with Crippen LogP contribution in [0.3, 0.4) is 0 Å². The van der Waals surface area contributed by atoms with E-state index in [2.05, 4.69) is 21.3 Å². The number of anilines is 1. The number of nitrogens with zero attached hydrogens (tertiary/aromatic N) is 3. The Bertz CT molecular complexity index is 1120. The molecular weight excluding hydrogens is 328 g/mol. The van der Waals surface area contributed by atoms with E-state index in [0.29, 0.717) is 16.8 Å². The summed E-state index contributed by atoms with van der Waals surface area (Å²) >= 11 is 0. The summed E-state index contributed by atoms with van der Waals surface area (Å²) in [5, 5.41) is 4.24. The second-order valence-corrected chi connectivity index (χ2v) is 6.50. The van der Waals surface area contributed by atoms with Gasteiger partial charge in [-0.3, -0.25) is 0 Å². The molecule has 0 saturated carbocycles. The van der Waals surface area contributed by atoms with Crippen LogP contribution in [0.4, 0.5) is 5.69 Å². The van der Waals surface area contributed by atoms with E-state index in [4.69, 9.17) is 4.42 Å². The van der Waals surface area contributed by atoms with Gasteiger partial charge in [0.2, 0.25) is 0 Å². The minimum atomic E-state index is -0.363. The SMILES string of the molecule is O=c1oc2cc(N3CCNCC3)ccc2cc1-c1cn2ccccc2n1. The quantitative estimate of drug-likeness (QED) is 0.565. The standard InChI is InChI=1S/C20H18N4O2/c25-20-16(17-13-24-8-2-1-3-19(24)22-17)11-14-4-5-15(12-18(14)26-20)23-9-6-21-7-10-23/h1-5,8,11-13,21H,6-7,9-10H2. The van der Waals surface area contributed by atoms with Crippen LogP contribution in [0.25, 0.3) is 27.9 Å². The molecule has 4 aromatic rings. The first-order chi connectivity index (χ1) is 12.8. The van der Waals surface area contributed by atoms with Crippen LogP contribution in [-0.4, -0.2) is 35.6 Å². The third-order valence-corrected chi connectivity index (χ3v) is 4.84. The number of aromatic nitrogens is 2. The van der Waals surface area contributed by atoms with Crippen LogP contribution in [0.5, 0.6) is 0 Å². The van der Waals surface area contributed by atoms with Crippen LogP contribution in [0.15, 0.2) is 64.1 Å². The Balaban J connectivity index is 1.59. The summed E-state index contributed by atoms with van der Waals surface area (Å²) in [6.45, 7) is 3.84. The number of imidazole rings is 1. The zero-order valence-electron chi connectivity index (χ0n) is 14.2. The molecule has 0 atom stereocenters. The van der Waals surface area contributed by atoms with Crippen molar-refractivity contribution in [1.29, 1.82) is 0 Å². The maximum atomic E-state index is 12.6. The van der Waals surface area contributed by atoms with Gasteiger partial charge in [0.15, 0.2) is 0 Å². The first-order valence-corrected chi connectivity index (χ1v) is 8.76. The Morgan fingerprint density at radius 1 is 1.08 bits per heavy atom. The molecule has 0 spiro atoms. The summed E-state index contributed by atoms with van der Waals surface area (Å²) in [5.74, 6) is 0. The molecule has 0 radical (unpaired) electrons. The molecule has 1 aliphatic heterocycles. The summed E-state index contributed by atoms with van der Waals surface area (Å²) in [6, 6.07) is 13.7. The molecule has 1 fully saturated rings. The van der Waals surface area contributed by atoms with Crippen molar-refractivity contribution in [1.82, 2.24) is 14.7 Å². The van der Waals surface area contributed by atoms with E-state index < -0.39 is 0 Å². The van der Waals surface area contributed by atoms with Gasteiger partial charge >= 0.3 is 5.63 Å². The van der Waals surface area contributed by atoms with E-state index in [-0.39, 0.29) is 5.63 Å². The third-order valence-electron chi connectivity index (χ3n) is 4.84. The summed E-state index contributed by atoms with van der Waals surface area (Å²) in [4.78, 5) is 19.4. The number of fused-ring (bicyclic) bond motifs is 2. The van der Waals surface area contributed by atoms with Gasteiger partial charge in [-0.25, -0.2) is 9.78 Å². The number of hydrogen-bond acceptors (Lipinski definition) is 5. The molecule has 0 aliphatic carbocycles. The smallest absolute Gasteiger partial charge is 0.345 e. The highest BCUT2D eigenvalue weighted by Gasteiger charge is 2.14. The van der Waals surface area contributed by atoms with Crippen molar-refractivity contribution in [3.8, 4) is 11.3 Å². The normalized spacial score (nSPS) is 15.0. The number of pyridine rings is 1. The Morgan fingerprint density at radius 3 is 2.81 bits per heavy atom. The van der Waals surface area contributed by atoms with Gasteiger partial charge in [-0.2, -0.15) is 0 Å². The molecule has 3 aromatic heterocycles. The fourth-order valence-electron chi connectivity index (χ4n) is 3.46. The fourth-order valence-corrected chi connectivity index (χ4v) is 3.46. The molecule has 0 bridgehead atoms. The van der Waals surface area contributed by atoms with Crippen molar-refractivity contribution in [3.05, 3.63) is 65.3 Å². The van der Waals surface area contributed by atoms with Crippen LogP contribution >= 0.6 is 0 Å². The van der Waals surface area contributed by atoms with Gasteiger partial charge in [0.25, 0.3) is 0 Å². The predicted molar refractivity (Wildman–Crippen MR) is 102 cm³/mol. The van der Waals surface area contributed by atoms with Gasteiger partial charge in [-0.1, -0.05) is 6.07 Å². The maximum Gasteiger partial charge on any atom is 0.345 e. The lowest BCUT2D eigenvalue weighted by Crippen LogP contribution is -2.43. The highest BCUT2D eigenvalue weighted by Crippen LogP contribution is 2.25. The summed E-state index contributed by atoms with van der Waals surface area (Å²) in [5.41, 5.74) is 3.24. The summed E-state index contributed by atoms with van der Waals surface area (Å²) in [6.07, 6.45) is 3.76. The van der Waals surface area contributed by atoms with Gasteiger partial charge in [0, 0.05) is 55.7 Å². The van der Waals surface area contributed by atoms with Gasteiger partial charge < -0.3 is 19.0 Å². The first kappa shape index (κ1) is 15.2. The lowest BCUT2D eigenvalue weighted by atomic mass is 10.1. The Hall–Kier alpha value is -3.12. The average molecular weight is 346 g/mol. The summed E-state index contributed by atoms with van der Waals surface area (Å²) < 4.78 is 7.52. The number of hydrogen-bond donors (Lipinski definition) is 1. The molecule has 0 unspecified atom stereocenters. The molecule has 6 nitrogen and oxygen atoms in total. The van der Waals surface area contributed by atoms with Gasteiger partial charge in [0.1, 0.15) is 11.2 Å². The van der Waals surface area contributed by atoms with E-state index >= 15 is 0 Å². The van der Waals surface area contributed by atoms with Crippen LogP contribution in [0, 0.1) is 0 Å². The van der Waals surface area contributed by atoms with Gasteiger partial charge in [-0.05, 0) is 30.3 Å². The van der Waals surface area contributed by atoms with Crippen LogP contribution in [-0.2, 0) is 0 Å². The minimum Gasteiger partial charge on any atom is -0.422 e. The monoisotopic (exact) mass is 346 g/mol. The van der Waals surface area contributed by atoms with Crippen molar-refractivity contribution in [3.63, 3.8) is 0 Å². The van der Waals surface area contributed by atoms with Crippen molar-refractivity contribution in [2.45, 2.75) is 0 Å². The molecule has 1 N–H and O–H groups in total. The molecule has 130 valence electrons. The lowest BCUT2D eigenvalue weighted by Gasteiger charge is -2.29. The van der Waals surface area contributed by atoms with Crippen molar-refractivity contribution < 1.29 is 4.42 Å². The largest absolute Gasteiger partial charge is 0.422 e. The van der Waals surface area contributed by atoms with E-state index in [1.54, 1.807) is 0 Å². The molecule has 4 heterocycles. The van der Waals surface area contributed by atoms with Gasteiger partial charge in [0.05, 0.1) is 11.3 Å². The van der Waals surface area contributed by atoms with Gasteiger partial charge in [-0.15, -0.1) is 0 Å². The number of piperazine rings is 1. The zero-order valence-corrected chi connectivity index (χ0v) is 14.2. The average Bonchev–Trinajstić information content (AvgIpc) is 3.11. The van der Waals surface area contributed by atoms with E-state index in [0.717, 1.165) is 42.9 Å². The van der Waals surface area contributed by atoms with Crippen molar-refractivity contribution in [2.24, 2.45) is 0 Å². The maximum absolute atomic E-state index is 12.6. The Kier molecular flexibility index (Phi) is 3.50. The van der Waals surface area contributed by atoms with E-state index in [1.807, 2.05) is 53.2 Å². The molecular formula is C20H18N4O2. The van der Waals surface area contributed by atoms with E-state index in [9.17, 15) is 4.79 Å². The predicted octanol–water partition coefficient (Wildman–Crippen LogP) is 2.52. The molecule has 1 aromatic carbocycles. The third kappa shape index (κ3) is 2.55. The van der Waals surface area contributed by atoms with E-state index in [1.165, 1.54) is 0 Å². The fraction of sp³-hybridized carbons (Fsp3) is 0.200. The second kappa shape index (κ2) is 6.00. The lowest BCUT2D eigenvalue weighted by molar-refractivity contribution is 0.561. The minimum absolute atomic E-state index is 0.363.